The summed E-state index contributed by atoms with van der Waals surface area (Å²) in [6.07, 6.45) is 0. The molecule has 0 fully saturated rings. The van der Waals surface area contributed by atoms with Gasteiger partial charge >= 0.3 is 11.9 Å². The van der Waals surface area contributed by atoms with E-state index in [0.29, 0.717) is 22.8 Å². The van der Waals surface area contributed by atoms with Crippen LogP contribution in [-0.2, 0) is 14.3 Å². The minimum Gasteiger partial charge on any atom is -0.497 e. The first-order valence-corrected chi connectivity index (χ1v) is 8.23. The molecule has 142 valence electrons. The van der Waals surface area contributed by atoms with Crippen molar-refractivity contribution in [3.05, 3.63) is 47.5 Å². The Hall–Kier alpha value is -3.22. The van der Waals surface area contributed by atoms with E-state index in [0.717, 1.165) is 5.56 Å². The fourth-order valence-electron chi connectivity index (χ4n) is 3.26. The summed E-state index contributed by atoms with van der Waals surface area (Å²) in [7, 11) is 5.81. The van der Waals surface area contributed by atoms with Gasteiger partial charge in [0, 0.05) is 23.6 Å². The van der Waals surface area contributed by atoms with E-state index in [2.05, 4.69) is 0 Å². The smallest absolute Gasteiger partial charge is 0.326 e. The van der Waals surface area contributed by atoms with E-state index in [9.17, 15) is 9.59 Å². The summed E-state index contributed by atoms with van der Waals surface area (Å²) in [6.45, 7) is 0. The van der Waals surface area contributed by atoms with Gasteiger partial charge in [-0.05, 0) is 17.7 Å². The molecule has 7 heteroatoms. The molecule has 0 radical (unpaired) electrons. The molecule has 0 saturated carbocycles. The molecule has 0 aromatic heterocycles. The fourth-order valence-corrected chi connectivity index (χ4v) is 3.26. The first-order chi connectivity index (χ1) is 13.0. The van der Waals surface area contributed by atoms with Crippen LogP contribution in [0.1, 0.15) is 17.0 Å². The van der Waals surface area contributed by atoms with Crippen LogP contribution in [0.3, 0.4) is 0 Å². The number of carbonyl (C=O) groups excluding carboxylic acids is 2. The summed E-state index contributed by atoms with van der Waals surface area (Å²) in [5.74, 6) is -1.28. The van der Waals surface area contributed by atoms with Gasteiger partial charge in [0.15, 0.2) is 5.92 Å². The maximum atomic E-state index is 12.6. The van der Waals surface area contributed by atoms with Crippen LogP contribution in [0.5, 0.6) is 23.0 Å². The highest BCUT2D eigenvalue weighted by Crippen LogP contribution is 2.49. The van der Waals surface area contributed by atoms with Crippen LogP contribution in [0.15, 0.2) is 36.4 Å². The third-order valence-electron chi connectivity index (χ3n) is 4.57. The summed E-state index contributed by atoms with van der Waals surface area (Å²) >= 11 is 0. The van der Waals surface area contributed by atoms with Crippen LogP contribution in [0, 0.1) is 5.92 Å². The molecule has 7 nitrogen and oxygen atoms in total. The van der Waals surface area contributed by atoms with Crippen molar-refractivity contribution in [2.24, 2.45) is 5.92 Å². The van der Waals surface area contributed by atoms with Crippen molar-refractivity contribution in [3.63, 3.8) is 0 Å². The molecule has 27 heavy (non-hydrogen) atoms. The number of benzene rings is 2. The minimum absolute atomic E-state index is 0.289. The number of esters is 2. The normalized spacial score (nSPS) is 18.1. The second-order valence-electron chi connectivity index (χ2n) is 5.91. The van der Waals surface area contributed by atoms with Gasteiger partial charge in [0.05, 0.1) is 28.4 Å². The van der Waals surface area contributed by atoms with Gasteiger partial charge in [-0.3, -0.25) is 9.59 Å². The molecule has 0 saturated heterocycles. The number of rotatable bonds is 5. The van der Waals surface area contributed by atoms with Crippen LogP contribution in [-0.4, -0.2) is 40.4 Å². The van der Waals surface area contributed by atoms with Crippen molar-refractivity contribution < 1.29 is 33.3 Å². The number of methoxy groups -OCH3 is 4. The Morgan fingerprint density at radius 1 is 0.926 bits per heavy atom. The largest absolute Gasteiger partial charge is 0.497 e. The zero-order chi connectivity index (χ0) is 19.6. The third kappa shape index (κ3) is 3.28. The van der Waals surface area contributed by atoms with Gasteiger partial charge in [-0.2, -0.15) is 0 Å². The van der Waals surface area contributed by atoms with E-state index in [-0.39, 0.29) is 5.75 Å². The summed E-state index contributed by atoms with van der Waals surface area (Å²) in [5.41, 5.74) is 1.31. The van der Waals surface area contributed by atoms with Crippen molar-refractivity contribution in [2.45, 2.75) is 5.92 Å². The molecule has 1 aliphatic heterocycles. The molecule has 1 heterocycles. The average molecular weight is 372 g/mol. The topological polar surface area (TPSA) is 80.3 Å². The predicted octanol–water partition coefficient (Wildman–Crippen LogP) is 2.55. The lowest BCUT2D eigenvalue weighted by molar-refractivity contribution is -0.157. The molecule has 2 aromatic carbocycles. The maximum absolute atomic E-state index is 12.6. The number of hydrogen-bond donors (Lipinski definition) is 0. The van der Waals surface area contributed by atoms with Crippen molar-refractivity contribution in [2.75, 3.05) is 28.4 Å². The average Bonchev–Trinajstić information content (AvgIpc) is 2.71. The zero-order valence-electron chi connectivity index (χ0n) is 15.5. The molecule has 1 aliphatic rings. The predicted molar refractivity (Wildman–Crippen MR) is 95.5 cm³/mol. The zero-order valence-corrected chi connectivity index (χ0v) is 15.5. The highest BCUT2D eigenvalue weighted by Gasteiger charge is 2.46. The van der Waals surface area contributed by atoms with Crippen LogP contribution in [0.2, 0.25) is 0 Å². The van der Waals surface area contributed by atoms with Crippen molar-refractivity contribution in [1.29, 1.82) is 0 Å². The molecule has 3 rings (SSSR count). The van der Waals surface area contributed by atoms with Gasteiger partial charge in [0.2, 0.25) is 0 Å². The highest BCUT2D eigenvalue weighted by molar-refractivity contribution is 5.99. The molecule has 0 N–H and O–H groups in total. The lowest BCUT2D eigenvalue weighted by Crippen LogP contribution is -2.38. The summed E-state index contributed by atoms with van der Waals surface area (Å²) < 4.78 is 26.2. The van der Waals surface area contributed by atoms with E-state index < -0.39 is 23.8 Å². The number of hydrogen-bond acceptors (Lipinski definition) is 7. The Bertz CT molecular complexity index is 857. The van der Waals surface area contributed by atoms with Gasteiger partial charge in [-0.25, -0.2) is 0 Å². The molecule has 2 atom stereocenters. The van der Waals surface area contributed by atoms with Crippen LogP contribution in [0.25, 0.3) is 0 Å². The molecule has 2 unspecified atom stereocenters. The van der Waals surface area contributed by atoms with E-state index in [1.807, 2.05) is 0 Å². The Balaban J connectivity index is 2.24. The van der Waals surface area contributed by atoms with Crippen molar-refractivity contribution in [3.8, 4) is 23.0 Å². The summed E-state index contributed by atoms with van der Waals surface area (Å²) in [4.78, 5) is 25.0. The van der Waals surface area contributed by atoms with E-state index in [4.69, 9.17) is 23.7 Å². The van der Waals surface area contributed by atoms with E-state index >= 15 is 0 Å². The second-order valence-corrected chi connectivity index (χ2v) is 5.91. The maximum Gasteiger partial charge on any atom is 0.326 e. The van der Waals surface area contributed by atoms with Gasteiger partial charge in [0.25, 0.3) is 0 Å². The number of fused-ring (bicyclic) bond motifs is 1. The van der Waals surface area contributed by atoms with Gasteiger partial charge in [-0.15, -0.1) is 0 Å². The Labute approximate surface area is 156 Å². The molecule has 0 bridgehead atoms. The summed E-state index contributed by atoms with van der Waals surface area (Å²) in [6, 6.07) is 10.4. The summed E-state index contributed by atoms with van der Waals surface area (Å²) in [5, 5.41) is 0. The number of carbonyl (C=O) groups is 2. The van der Waals surface area contributed by atoms with Gasteiger partial charge < -0.3 is 23.7 Å². The van der Waals surface area contributed by atoms with Gasteiger partial charge in [-0.1, -0.05) is 12.1 Å². The third-order valence-corrected chi connectivity index (χ3v) is 4.57. The van der Waals surface area contributed by atoms with Crippen molar-refractivity contribution >= 4 is 11.9 Å². The first kappa shape index (κ1) is 18.6. The lowest BCUT2D eigenvalue weighted by Gasteiger charge is -2.32. The molecule has 0 amide bonds. The van der Waals surface area contributed by atoms with E-state index in [1.54, 1.807) is 43.5 Å². The monoisotopic (exact) mass is 372 g/mol. The minimum atomic E-state index is -1.15. The van der Waals surface area contributed by atoms with Crippen LogP contribution >= 0.6 is 0 Å². The Kier molecular flexibility index (Phi) is 5.21. The molecular formula is C20H20O7. The number of ether oxygens (including phenoxy) is 5. The van der Waals surface area contributed by atoms with Crippen molar-refractivity contribution in [1.82, 2.24) is 0 Å². The second kappa shape index (κ2) is 7.57. The standard InChI is InChI=1S/C20H20O7/c1-23-12-7-5-11(6-8-12)16-17-14(25-3)9-13(24-2)10-15(17)27-20(22)18(16)19(21)26-4/h5-10,16,18H,1-4H3. The Morgan fingerprint density at radius 3 is 2.15 bits per heavy atom. The fraction of sp³-hybridized carbons (Fsp3) is 0.300. The molecular weight excluding hydrogens is 352 g/mol. The van der Waals surface area contributed by atoms with Gasteiger partial charge in [0.1, 0.15) is 23.0 Å². The lowest BCUT2D eigenvalue weighted by atomic mass is 9.78. The first-order valence-electron chi connectivity index (χ1n) is 8.23. The molecule has 0 spiro atoms. The molecule has 2 aromatic rings. The highest BCUT2D eigenvalue weighted by atomic mass is 16.6. The van der Waals surface area contributed by atoms with E-state index in [1.165, 1.54) is 21.3 Å². The Morgan fingerprint density at radius 2 is 1.59 bits per heavy atom. The molecule has 0 aliphatic carbocycles. The SMILES string of the molecule is COC(=O)C1C(=O)Oc2cc(OC)cc(OC)c2C1c1ccc(OC)cc1. The van der Waals surface area contributed by atoms with Crippen LogP contribution in [0.4, 0.5) is 0 Å². The quantitative estimate of drug-likeness (QED) is 0.453. The van der Waals surface area contributed by atoms with Crippen LogP contribution < -0.4 is 18.9 Å².